The second-order valence-corrected chi connectivity index (χ2v) is 9.17. The lowest BCUT2D eigenvalue weighted by Gasteiger charge is -2.32. The van der Waals surface area contributed by atoms with E-state index < -0.39 is 0 Å². The zero-order valence-corrected chi connectivity index (χ0v) is 21.9. The van der Waals surface area contributed by atoms with E-state index >= 15 is 0 Å². The number of benzene rings is 2. The molecule has 1 fully saturated rings. The molecule has 9 heteroatoms. The first kappa shape index (κ1) is 26.5. The summed E-state index contributed by atoms with van der Waals surface area (Å²) in [5.41, 5.74) is 2.59. The first-order valence-electron chi connectivity index (χ1n) is 12.6. The number of piperidine rings is 1. The van der Waals surface area contributed by atoms with E-state index in [9.17, 15) is 9.59 Å². The van der Waals surface area contributed by atoms with Gasteiger partial charge in [-0.05, 0) is 68.3 Å². The highest BCUT2D eigenvalue weighted by Gasteiger charge is 2.36. The SMILES string of the molecule is CCOC(=O)C1CCCN(CC(=O)N2N=C(c3ccc(OC)cc3)CC2c2ccc(OC)cc2OC)C1. The van der Waals surface area contributed by atoms with Crippen LogP contribution >= 0.6 is 0 Å². The molecule has 37 heavy (non-hydrogen) atoms. The molecule has 1 amide bonds. The lowest BCUT2D eigenvalue weighted by atomic mass is 9.97. The van der Waals surface area contributed by atoms with Gasteiger partial charge in [-0.3, -0.25) is 14.5 Å². The van der Waals surface area contributed by atoms with Crippen LogP contribution in [-0.4, -0.2) is 75.1 Å². The van der Waals surface area contributed by atoms with Crippen molar-refractivity contribution in [3.05, 3.63) is 53.6 Å². The number of likely N-dealkylation sites (tertiary alicyclic amines) is 1. The van der Waals surface area contributed by atoms with E-state index in [4.69, 9.17) is 24.0 Å². The number of amides is 1. The van der Waals surface area contributed by atoms with Crippen LogP contribution in [0.5, 0.6) is 17.2 Å². The topological polar surface area (TPSA) is 89.9 Å². The van der Waals surface area contributed by atoms with Crippen molar-refractivity contribution in [2.75, 3.05) is 47.6 Å². The number of hydrogen-bond acceptors (Lipinski definition) is 8. The van der Waals surface area contributed by atoms with E-state index in [1.54, 1.807) is 33.3 Å². The van der Waals surface area contributed by atoms with Crippen molar-refractivity contribution < 1.29 is 28.5 Å². The maximum absolute atomic E-state index is 13.7. The molecule has 4 rings (SSSR count). The lowest BCUT2D eigenvalue weighted by Crippen LogP contribution is -2.44. The molecule has 1 saturated heterocycles. The highest BCUT2D eigenvalue weighted by atomic mass is 16.5. The van der Waals surface area contributed by atoms with Crippen molar-refractivity contribution in [1.29, 1.82) is 0 Å². The number of hydrogen-bond donors (Lipinski definition) is 0. The molecule has 2 aromatic rings. The van der Waals surface area contributed by atoms with Gasteiger partial charge < -0.3 is 18.9 Å². The summed E-state index contributed by atoms with van der Waals surface area (Å²) in [5.74, 6) is 1.53. The molecule has 0 aliphatic carbocycles. The molecule has 198 valence electrons. The van der Waals surface area contributed by atoms with Gasteiger partial charge in [-0.25, -0.2) is 5.01 Å². The predicted octanol–water partition coefficient (Wildman–Crippen LogP) is 3.67. The third kappa shape index (κ3) is 6.05. The minimum Gasteiger partial charge on any atom is -0.497 e. The Morgan fingerprint density at radius 1 is 1.00 bits per heavy atom. The number of esters is 1. The van der Waals surface area contributed by atoms with Crippen LogP contribution in [-0.2, 0) is 14.3 Å². The zero-order valence-electron chi connectivity index (χ0n) is 21.9. The molecule has 2 unspecified atom stereocenters. The Morgan fingerprint density at radius 3 is 2.41 bits per heavy atom. The molecule has 2 aliphatic rings. The maximum atomic E-state index is 13.7. The van der Waals surface area contributed by atoms with Gasteiger partial charge in [0, 0.05) is 24.6 Å². The summed E-state index contributed by atoms with van der Waals surface area (Å²) >= 11 is 0. The third-order valence-corrected chi connectivity index (χ3v) is 6.87. The molecule has 0 N–H and O–H groups in total. The Bertz CT molecular complexity index is 1130. The summed E-state index contributed by atoms with van der Waals surface area (Å²) < 4.78 is 21.5. The van der Waals surface area contributed by atoms with Crippen molar-refractivity contribution in [3.63, 3.8) is 0 Å². The first-order valence-corrected chi connectivity index (χ1v) is 12.6. The molecule has 2 aliphatic heterocycles. The zero-order chi connectivity index (χ0) is 26.4. The second-order valence-electron chi connectivity index (χ2n) is 9.17. The van der Waals surface area contributed by atoms with Crippen LogP contribution in [0, 0.1) is 5.92 Å². The Morgan fingerprint density at radius 2 is 1.73 bits per heavy atom. The van der Waals surface area contributed by atoms with Crippen molar-refractivity contribution in [1.82, 2.24) is 9.91 Å². The number of carbonyl (C=O) groups is 2. The quantitative estimate of drug-likeness (QED) is 0.477. The average molecular weight is 510 g/mol. The van der Waals surface area contributed by atoms with Crippen LogP contribution in [0.25, 0.3) is 0 Å². The minimum atomic E-state index is -0.337. The maximum Gasteiger partial charge on any atom is 0.310 e. The normalized spacial score (nSPS) is 19.8. The van der Waals surface area contributed by atoms with Gasteiger partial charge in [0.25, 0.3) is 5.91 Å². The number of nitrogens with zero attached hydrogens (tertiary/aromatic N) is 3. The van der Waals surface area contributed by atoms with Crippen molar-refractivity contribution in [3.8, 4) is 17.2 Å². The number of ether oxygens (including phenoxy) is 4. The molecule has 0 saturated carbocycles. The van der Waals surface area contributed by atoms with Gasteiger partial charge in [-0.1, -0.05) is 0 Å². The number of rotatable bonds is 9. The Labute approximate surface area is 217 Å². The number of carbonyl (C=O) groups excluding carboxylic acids is 2. The van der Waals surface area contributed by atoms with E-state index in [0.29, 0.717) is 31.1 Å². The van der Waals surface area contributed by atoms with Gasteiger partial charge in [0.2, 0.25) is 0 Å². The molecule has 2 heterocycles. The van der Waals surface area contributed by atoms with E-state index in [0.717, 1.165) is 42.0 Å². The summed E-state index contributed by atoms with van der Waals surface area (Å²) in [6.45, 7) is 3.59. The fourth-order valence-corrected chi connectivity index (χ4v) is 4.95. The lowest BCUT2D eigenvalue weighted by molar-refractivity contribution is -0.150. The monoisotopic (exact) mass is 509 g/mol. The Hall–Kier alpha value is -3.59. The van der Waals surface area contributed by atoms with Crippen LogP contribution in [0.4, 0.5) is 0 Å². The van der Waals surface area contributed by atoms with Crippen molar-refractivity contribution >= 4 is 17.6 Å². The van der Waals surface area contributed by atoms with E-state index in [1.165, 1.54) is 0 Å². The van der Waals surface area contributed by atoms with Gasteiger partial charge in [-0.15, -0.1) is 0 Å². The Kier molecular flexibility index (Phi) is 8.66. The predicted molar refractivity (Wildman–Crippen MR) is 139 cm³/mol. The van der Waals surface area contributed by atoms with E-state index in [-0.39, 0.29) is 30.4 Å². The molecular formula is C28H35N3O6. The van der Waals surface area contributed by atoms with Crippen LogP contribution in [0.2, 0.25) is 0 Å². The molecular weight excluding hydrogens is 474 g/mol. The fraction of sp³-hybridized carbons (Fsp3) is 0.464. The molecule has 0 radical (unpaired) electrons. The van der Waals surface area contributed by atoms with Crippen LogP contribution in [0.1, 0.15) is 43.4 Å². The highest BCUT2D eigenvalue weighted by molar-refractivity contribution is 6.03. The standard InChI is InChI=1S/C28H35N3O6/c1-5-37-28(33)20-7-6-14-30(17-20)18-27(32)31-25(23-13-12-22(35-3)15-26(23)36-4)16-24(29-31)19-8-10-21(34-2)11-9-19/h8-13,15,20,25H,5-7,14,16-18H2,1-4H3. The highest BCUT2D eigenvalue weighted by Crippen LogP contribution is 2.39. The smallest absolute Gasteiger partial charge is 0.310 e. The molecule has 2 aromatic carbocycles. The molecule has 0 spiro atoms. The fourth-order valence-electron chi connectivity index (χ4n) is 4.95. The minimum absolute atomic E-state index is 0.129. The van der Waals surface area contributed by atoms with E-state index in [2.05, 4.69) is 0 Å². The number of methoxy groups -OCH3 is 3. The van der Waals surface area contributed by atoms with Crippen LogP contribution in [0.3, 0.4) is 0 Å². The average Bonchev–Trinajstić information content (AvgIpc) is 3.38. The van der Waals surface area contributed by atoms with E-state index in [1.807, 2.05) is 47.4 Å². The van der Waals surface area contributed by atoms with Gasteiger partial charge in [0.05, 0.1) is 52.2 Å². The summed E-state index contributed by atoms with van der Waals surface area (Å²) in [7, 11) is 4.84. The van der Waals surface area contributed by atoms with Gasteiger partial charge in [0.15, 0.2) is 0 Å². The molecule has 0 aromatic heterocycles. The van der Waals surface area contributed by atoms with Crippen molar-refractivity contribution in [2.24, 2.45) is 11.0 Å². The summed E-state index contributed by atoms with van der Waals surface area (Å²) in [6.07, 6.45) is 2.15. The van der Waals surface area contributed by atoms with Gasteiger partial charge >= 0.3 is 5.97 Å². The summed E-state index contributed by atoms with van der Waals surface area (Å²) in [6, 6.07) is 12.9. The van der Waals surface area contributed by atoms with Gasteiger partial charge in [-0.2, -0.15) is 5.10 Å². The van der Waals surface area contributed by atoms with Crippen LogP contribution < -0.4 is 14.2 Å². The molecule has 9 nitrogen and oxygen atoms in total. The molecule has 2 atom stereocenters. The third-order valence-electron chi connectivity index (χ3n) is 6.87. The first-order chi connectivity index (χ1) is 18.0. The van der Waals surface area contributed by atoms with Crippen molar-refractivity contribution in [2.45, 2.75) is 32.2 Å². The summed E-state index contributed by atoms with van der Waals surface area (Å²) in [4.78, 5) is 28.0. The van der Waals surface area contributed by atoms with Gasteiger partial charge in [0.1, 0.15) is 17.2 Å². The number of hydrazone groups is 1. The Balaban J connectivity index is 1.59. The second kappa shape index (κ2) is 12.1. The summed E-state index contributed by atoms with van der Waals surface area (Å²) in [5, 5.41) is 6.36. The van der Waals surface area contributed by atoms with Crippen LogP contribution in [0.15, 0.2) is 47.6 Å². The molecule has 0 bridgehead atoms. The largest absolute Gasteiger partial charge is 0.497 e.